The maximum absolute atomic E-state index is 13.1. The van der Waals surface area contributed by atoms with Gasteiger partial charge < -0.3 is 9.64 Å². The molecule has 0 amide bonds. The molecule has 1 atom stereocenters. The molecule has 22 heavy (non-hydrogen) atoms. The molecule has 0 N–H and O–H groups in total. The SMILES string of the molecule is COc1ccccc1S(=O)(=O)N1CCCSC[C@@H]1CN(C)C. The van der Waals surface area contributed by atoms with Crippen molar-refractivity contribution in [2.75, 3.05) is 45.8 Å². The molecule has 1 fully saturated rings. The summed E-state index contributed by atoms with van der Waals surface area (Å²) in [6.07, 6.45) is 0.878. The molecule has 0 spiro atoms. The van der Waals surface area contributed by atoms with Crippen LogP contribution in [0.4, 0.5) is 0 Å². The first kappa shape index (κ1) is 17.6. The molecular formula is C15H24N2O3S2. The van der Waals surface area contributed by atoms with Gasteiger partial charge in [-0.1, -0.05) is 12.1 Å². The normalized spacial score (nSPS) is 20.8. The van der Waals surface area contributed by atoms with Crippen LogP contribution in [0.3, 0.4) is 0 Å². The highest BCUT2D eigenvalue weighted by Gasteiger charge is 2.34. The predicted octanol–water partition coefficient (Wildman–Crippen LogP) is 1.75. The zero-order valence-corrected chi connectivity index (χ0v) is 15.0. The van der Waals surface area contributed by atoms with Gasteiger partial charge in [-0.15, -0.1) is 0 Å². The Morgan fingerprint density at radius 2 is 2.09 bits per heavy atom. The number of methoxy groups -OCH3 is 1. The van der Waals surface area contributed by atoms with Crippen molar-refractivity contribution in [3.05, 3.63) is 24.3 Å². The van der Waals surface area contributed by atoms with Crippen molar-refractivity contribution in [3.8, 4) is 5.75 Å². The Hall–Kier alpha value is -0.760. The minimum absolute atomic E-state index is 0.0163. The second kappa shape index (κ2) is 7.68. The molecule has 124 valence electrons. The molecule has 2 rings (SSSR count). The van der Waals surface area contributed by atoms with E-state index in [-0.39, 0.29) is 10.9 Å². The van der Waals surface area contributed by atoms with E-state index < -0.39 is 10.0 Å². The van der Waals surface area contributed by atoms with E-state index in [1.807, 2.05) is 30.8 Å². The molecule has 1 heterocycles. The summed E-state index contributed by atoms with van der Waals surface area (Å²) in [4.78, 5) is 2.30. The molecule has 1 aliphatic rings. The minimum Gasteiger partial charge on any atom is -0.495 e. The molecule has 1 aromatic carbocycles. The number of ether oxygens (including phenoxy) is 1. The van der Waals surface area contributed by atoms with E-state index in [4.69, 9.17) is 4.74 Å². The van der Waals surface area contributed by atoms with Crippen LogP contribution >= 0.6 is 11.8 Å². The summed E-state index contributed by atoms with van der Waals surface area (Å²) in [5, 5.41) is 0. The van der Waals surface area contributed by atoms with E-state index in [1.165, 1.54) is 7.11 Å². The summed E-state index contributed by atoms with van der Waals surface area (Å²) in [5.41, 5.74) is 0. The first-order valence-corrected chi connectivity index (χ1v) is 9.93. The first-order chi connectivity index (χ1) is 10.5. The highest BCUT2D eigenvalue weighted by atomic mass is 32.2. The van der Waals surface area contributed by atoms with E-state index >= 15 is 0 Å². The number of rotatable bonds is 5. The molecular weight excluding hydrogens is 320 g/mol. The predicted molar refractivity (Wildman–Crippen MR) is 91.2 cm³/mol. The number of hydrogen-bond donors (Lipinski definition) is 0. The monoisotopic (exact) mass is 344 g/mol. The van der Waals surface area contributed by atoms with E-state index in [0.29, 0.717) is 12.3 Å². The lowest BCUT2D eigenvalue weighted by molar-refractivity contribution is 0.270. The van der Waals surface area contributed by atoms with Gasteiger partial charge in [0.05, 0.1) is 7.11 Å². The van der Waals surface area contributed by atoms with Gasteiger partial charge in [-0.05, 0) is 38.4 Å². The van der Waals surface area contributed by atoms with Crippen molar-refractivity contribution >= 4 is 21.8 Å². The van der Waals surface area contributed by atoms with Crippen LogP contribution in [0, 0.1) is 0 Å². The van der Waals surface area contributed by atoms with Crippen LogP contribution in [0.5, 0.6) is 5.75 Å². The number of benzene rings is 1. The lowest BCUT2D eigenvalue weighted by Gasteiger charge is -2.31. The fraction of sp³-hybridized carbons (Fsp3) is 0.600. The second-order valence-corrected chi connectivity index (χ2v) is 8.62. The van der Waals surface area contributed by atoms with Crippen LogP contribution in [0.1, 0.15) is 6.42 Å². The molecule has 7 heteroatoms. The zero-order valence-electron chi connectivity index (χ0n) is 13.4. The standard InChI is InChI=1S/C15H24N2O3S2/c1-16(2)11-13-12-21-10-6-9-17(13)22(18,19)15-8-5-4-7-14(15)20-3/h4-5,7-8,13H,6,9-12H2,1-3H3/t13-/m0/s1. The molecule has 0 aliphatic carbocycles. The number of sulfonamides is 1. The molecule has 1 aliphatic heterocycles. The topological polar surface area (TPSA) is 49.9 Å². The lowest BCUT2D eigenvalue weighted by Crippen LogP contribution is -2.46. The average Bonchev–Trinajstić information content (AvgIpc) is 2.72. The first-order valence-electron chi connectivity index (χ1n) is 7.34. The summed E-state index contributed by atoms with van der Waals surface area (Å²) in [5.74, 6) is 2.23. The average molecular weight is 345 g/mol. The smallest absolute Gasteiger partial charge is 0.247 e. The largest absolute Gasteiger partial charge is 0.495 e. The van der Waals surface area contributed by atoms with Gasteiger partial charge in [-0.25, -0.2) is 8.42 Å². The minimum atomic E-state index is -3.55. The maximum atomic E-state index is 13.1. The molecule has 0 saturated carbocycles. The number of thioether (sulfide) groups is 1. The van der Waals surface area contributed by atoms with Crippen molar-refractivity contribution < 1.29 is 13.2 Å². The van der Waals surface area contributed by atoms with Gasteiger partial charge in [0.25, 0.3) is 0 Å². The maximum Gasteiger partial charge on any atom is 0.247 e. The molecule has 0 unspecified atom stereocenters. The highest BCUT2D eigenvalue weighted by Crippen LogP contribution is 2.30. The molecule has 5 nitrogen and oxygen atoms in total. The zero-order chi connectivity index (χ0) is 16.2. The Morgan fingerprint density at radius 3 is 2.77 bits per heavy atom. The molecule has 1 saturated heterocycles. The Labute approximate surface area is 137 Å². The third kappa shape index (κ3) is 3.95. The van der Waals surface area contributed by atoms with Gasteiger partial charge in [0.1, 0.15) is 10.6 Å². The molecule has 0 bridgehead atoms. The van der Waals surface area contributed by atoms with Crippen LogP contribution in [0.15, 0.2) is 29.2 Å². The van der Waals surface area contributed by atoms with Crippen molar-refractivity contribution in [3.63, 3.8) is 0 Å². The number of nitrogens with zero attached hydrogens (tertiary/aromatic N) is 2. The molecule has 0 radical (unpaired) electrons. The lowest BCUT2D eigenvalue weighted by atomic mass is 10.3. The van der Waals surface area contributed by atoms with Crippen molar-refractivity contribution in [1.82, 2.24) is 9.21 Å². The quantitative estimate of drug-likeness (QED) is 0.814. The van der Waals surface area contributed by atoms with Crippen molar-refractivity contribution in [2.24, 2.45) is 0 Å². The van der Waals surface area contributed by atoms with Crippen LogP contribution < -0.4 is 4.74 Å². The summed E-state index contributed by atoms with van der Waals surface area (Å²) in [6, 6.07) is 6.83. The summed E-state index contributed by atoms with van der Waals surface area (Å²) >= 11 is 1.83. The van der Waals surface area contributed by atoms with Gasteiger partial charge in [-0.2, -0.15) is 16.1 Å². The van der Waals surface area contributed by atoms with Gasteiger partial charge in [0.15, 0.2) is 0 Å². The van der Waals surface area contributed by atoms with Crippen LogP contribution in [-0.4, -0.2) is 69.5 Å². The van der Waals surface area contributed by atoms with Gasteiger partial charge >= 0.3 is 0 Å². The summed E-state index contributed by atoms with van der Waals surface area (Å²) in [7, 11) is 1.90. The van der Waals surface area contributed by atoms with Crippen LogP contribution in [0.2, 0.25) is 0 Å². The Bertz CT molecular complexity index is 590. The number of hydrogen-bond acceptors (Lipinski definition) is 5. The molecule has 0 aromatic heterocycles. The molecule has 1 aromatic rings. The Kier molecular flexibility index (Phi) is 6.14. The Morgan fingerprint density at radius 1 is 1.36 bits per heavy atom. The van der Waals surface area contributed by atoms with Gasteiger partial charge in [-0.3, -0.25) is 0 Å². The highest BCUT2D eigenvalue weighted by molar-refractivity contribution is 7.99. The summed E-state index contributed by atoms with van der Waals surface area (Å²) < 4.78 is 33.2. The Balaban J connectivity index is 2.39. The fourth-order valence-electron chi connectivity index (χ4n) is 2.65. The fourth-order valence-corrected chi connectivity index (χ4v) is 5.61. The van der Waals surface area contributed by atoms with Crippen molar-refractivity contribution in [1.29, 1.82) is 0 Å². The van der Waals surface area contributed by atoms with E-state index in [2.05, 4.69) is 0 Å². The van der Waals surface area contributed by atoms with E-state index in [0.717, 1.165) is 24.5 Å². The number of likely N-dealkylation sites (N-methyl/N-ethyl adjacent to an activating group) is 1. The van der Waals surface area contributed by atoms with E-state index in [1.54, 1.807) is 28.6 Å². The van der Waals surface area contributed by atoms with Crippen LogP contribution in [-0.2, 0) is 10.0 Å². The van der Waals surface area contributed by atoms with Crippen LogP contribution in [0.25, 0.3) is 0 Å². The van der Waals surface area contributed by atoms with Gasteiger partial charge in [0, 0.05) is 24.9 Å². The third-order valence-corrected chi connectivity index (χ3v) is 6.81. The van der Waals surface area contributed by atoms with Gasteiger partial charge in [0.2, 0.25) is 10.0 Å². The number of para-hydroxylation sites is 1. The van der Waals surface area contributed by atoms with Crippen molar-refractivity contribution in [2.45, 2.75) is 17.4 Å². The van der Waals surface area contributed by atoms with E-state index in [9.17, 15) is 8.42 Å². The second-order valence-electron chi connectivity index (χ2n) is 5.61. The third-order valence-electron chi connectivity index (χ3n) is 3.62. The summed E-state index contributed by atoms with van der Waals surface area (Å²) in [6.45, 7) is 1.28.